The van der Waals surface area contributed by atoms with Gasteiger partial charge < -0.3 is 4.43 Å². The Morgan fingerprint density at radius 3 is 2.35 bits per heavy atom. The van der Waals surface area contributed by atoms with Crippen molar-refractivity contribution in [1.82, 2.24) is 0 Å². The topological polar surface area (TPSA) is 9.23 Å². The van der Waals surface area contributed by atoms with Crippen LogP contribution in [0.25, 0.3) is 0 Å². The van der Waals surface area contributed by atoms with Crippen LogP contribution in [0.1, 0.15) is 80.1 Å². The van der Waals surface area contributed by atoms with Crippen LogP contribution in [0.5, 0.6) is 0 Å². The monoisotopic (exact) mass is 336 g/mol. The van der Waals surface area contributed by atoms with Crippen LogP contribution in [-0.4, -0.2) is 14.9 Å². The van der Waals surface area contributed by atoms with E-state index in [9.17, 15) is 0 Å². The average molecular weight is 337 g/mol. The van der Waals surface area contributed by atoms with Crippen molar-refractivity contribution in [3.8, 4) is 0 Å². The van der Waals surface area contributed by atoms with E-state index in [2.05, 4.69) is 66.8 Å². The highest BCUT2D eigenvalue weighted by Crippen LogP contribution is 2.40. The molecule has 1 unspecified atom stereocenters. The van der Waals surface area contributed by atoms with E-state index < -0.39 is 8.32 Å². The third-order valence-electron chi connectivity index (χ3n) is 5.77. The van der Waals surface area contributed by atoms with E-state index in [0.29, 0.717) is 0 Å². The van der Waals surface area contributed by atoms with Gasteiger partial charge in [0, 0.05) is 12.0 Å². The van der Waals surface area contributed by atoms with Crippen molar-refractivity contribution in [2.45, 2.75) is 98.2 Å². The van der Waals surface area contributed by atoms with Crippen LogP contribution in [0.3, 0.4) is 0 Å². The molecular weight excluding hydrogens is 296 g/mol. The van der Waals surface area contributed by atoms with Crippen molar-refractivity contribution in [3.63, 3.8) is 0 Å². The van der Waals surface area contributed by atoms with Crippen molar-refractivity contribution in [3.05, 3.63) is 23.3 Å². The van der Waals surface area contributed by atoms with Gasteiger partial charge in [0.25, 0.3) is 0 Å². The predicted molar refractivity (Wildman–Crippen MR) is 106 cm³/mol. The minimum absolute atomic E-state index is 0.173. The summed E-state index contributed by atoms with van der Waals surface area (Å²) in [6.07, 6.45) is 12.6. The highest BCUT2D eigenvalue weighted by atomic mass is 28.4. The first-order chi connectivity index (χ1) is 10.5. The largest absolute Gasteiger partial charge is 0.416 e. The molecule has 2 heteroatoms. The van der Waals surface area contributed by atoms with Crippen LogP contribution >= 0.6 is 0 Å². The van der Waals surface area contributed by atoms with Crippen LogP contribution in [0.2, 0.25) is 18.1 Å². The lowest BCUT2D eigenvalue weighted by Crippen LogP contribution is -2.43. The van der Waals surface area contributed by atoms with E-state index in [1.54, 1.807) is 11.1 Å². The molecule has 0 spiro atoms. The molecule has 1 nitrogen and oxygen atoms in total. The van der Waals surface area contributed by atoms with Gasteiger partial charge in [-0.15, -0.1) is 0 Å². The maximum absolute atomic E-state index is 6.50. The Labute approximate surface area is 146 Å². The van der Waals surface area contributed by atoms with Gasteiger partial charge in [0.1, 0.15) is 0 Å². The zero-order chi connectivity index (χ0) is 17.7. The second kappa shape index (κ2) is 8.16. The average Bonchev–Trinajstić information content (AvgIpc) is 2.43. The first kappa shape index (κ1) is 20.7. The first-order valence-electron chi connectivity index (χ1n) is 9.52. The maximum atomic E-state index is 6.50. The van der Waals surface area contributed by atoms with Crippen LogP contribution in [0.4, 0.5) is 0 Å². The lowest BCUT2D eigenvalue weighted by atomic mass is 9.78. The molecule has 0 saturated carbocycles. The molecule has 0 heterocycles. The summed E-state index contributed by atoms with van der Waals surface area (Å²) >= 11 is 0. The van der Waals surface area contributed by atoms with Crippen molar-refractivity contribution in [1.29, 1.82) is 0 Å². The highest BCUT2D eigenvalue weighted by molar-refractivity contribution is 6.74. The van der Waals surface area contributed by atoms with Crippen LogP contribution in [0.15, 0.2) is 23.3 Å². The Morgan fingerprint density at radius 2 is 1.83 bits per heavy atom. The molecule has 0 aromatic heterocycles. The highest BCUT2D eigenvalue weighted by Gasteiger charge is 2.39. The predicted octanol–water partition coefficient (Wildman–Crippen LogP) is 7.26. The van der Waals surface area contributed by atoms with E-state index in [1.807, 2.05) is 0 Å². The molecule has 0 fully saturated rings. The molecule has 1 rings (SSSR count). The fourth-order valence-corrected chi connectivity index (χ4v) is 4.05. The Bertz CT molecular complexity index is 439. The second-order valence-electron chi connectivity index (χ2n) is 9.33. The minimum Gasteiger partial charge on any atom is -0.416 e. The van der Waals surface area contributed by atoms with E-state index in [4.69, 9.17) is 4.43 Å². The molecule has 0 N–H and O–H groups in total. The summed E-state index contributed by atoms with van der Waals surface area (Å²) in [5, 5.41) is 0.289. The van der Waals surface area contributed by atoms with Crippen molar-refractivity contribution < 1.29 is 4.43 Å². The lowest BCUT2D eigenvalue weighted by Gasteiger charge is -2.40. The quantitative estimate of drug-likeness (QED) is 0.335. The van der Waals surface area contributed by atoms with Gasteiger partial charge in [-0.05, 0) is 49.9 Å². The Balaban J connectivity index is 2.58. The zero-order valence-electron chi connectivity index (χ0n) is 17.0. The zero-order valence-corrected chi connectivity index (χ0v) is 18.0. The van der Waals surface area contributed by atoms with Crippen LogP contribution in [-0.2, 0) is 4.43 Å². The molecule has 1 atom stereocenters. The Kier molecular flexibility index (Phi) is 7.34. The summed E-state index contributed by atoms with van der Waals surface area (Å²) in [4.78, 5) is 0. The number of unbranched alkanes of at least 4 members (excludes halogenated alkanes) is 3. The molecule has 0 aromatic carbocycles. The van der Waals surface area contributed by atoms with Gasteiger partial charge in [0.05, 0.1) is 0 Å². The minimum atomic E-state index is -1.66. The smallest absolute Gasteiger partial charge is 0.192 e. The van der Waals surface area contributed by atoms with Crippen molar-refractivity contribution >= 4 is 8.32 Å². The second-order valence-corrected chi connectivity index (χ2v) is 14.1. The molecule has 1 aliphatic rings. The number of rotatable bonds is 8. The Hall–Kier alpha value is -0.343. The van der Waals surface area contributed by atoms with E-state index in [0.717, 1.165) is 13.0 Å². The summed E-state index contributed by atoms with van der Waals surface area (Å²) in [7, 11) is -1.66. The molecule has 0 radical (unpaired) electrons. The molecule has 1 aliphatic carbocycles. The fourth-order valence-electron chi connectivity index (χ4n) is 2.92. The van der Waals surface area contributed by atoms with Crippen LogP contribution < -0.4 is 0 Å². The van der Waals surface area contributed by atoms with Gasteiger partial charge in [-0.2, -0.15) is 0 Å². The van der Waals surface area contributed by atoms with Crippen molar-refractivity contribution in [2.24, 2.45) is 5.41 Å². The van der Waals surface area contributed by atoms with Crippen molar-refractivity contribution in [2.75, 3.05) is 6.61 Å². The molecule has 134 valence electrons. The summed E-state index contributed by atoms with van der Waals surface area (Å²) < 4.78 is 6.50. The molecule has 0 amide bonds. The molecule has 0 bridgehead atoms. The molecule has 0 saturated heterocycles. The fraction of sp³-hybridized carbons (Fsp3) is 0.810. The van der Waals surface area contributed by atoms with E-state index in [1.165, 1.54) is 32.1 Å². The summed E-state index contributed by atoms with van der Waals surface area (Å²) in [5.74, 6) is 0. The number of hydrogen-bond acceptors (Lipinski definition) is 1. The van der Waals surface area contributed by atoms with Gasteiger partial charge in [-0.3, -0.25) is 0 Å². The van der Waals surface area contributed by atoms with E-state index >= 15 is 0 Å². The molecule has 0 aromatic rings. The number of hydrogen-bond donors (Lipinski definition) is 0. The van der Waals surface area contributed by atoms with Gasteiger partial charge >= 0.3 is 0 Å². The third-order valence-corrected chi connectivity index (χ3v) is 10.3. The molecule has 0 aliphatic heterocycles. The summed E-state index contributed by atoms with van der Waals surface area (Å²) in [6.45, 7) is 19.5. The molecular formula is C21H40OSi. The van der Waals surface area contributed by atoms with Gasteiger partial charge in [-0.25, -0.2) is 0 Å². The molecule has 23 heavy (non-hydrogen) atoms. The summed E-state index contributed by atoms with van der Waals surface area (Å²) in [5.41, 5.74) is 3.32. The third kappa shape index (κ3) is 6.23. The number of allylic oxidation sites excluding steroid dienone is 3. The summed E-state index contributed by atoms with van der Waals surface area (Å²) in [6, 6.07) is 0. The van der Waals surface area contributed by atoms with Gasteiger partial charge in [0.15, 0.2) is 8.32 Å². The first-order valence-corrected chi connectivity index (χ1v) is 12.4. The van der Waals surface area contributed by atoms with Gasteiger partial charge in [-0.1, -0.05) is 71.6 Å². The maximum Gasteiger partial charge on any atom is 0.192 e. The van der Waals surface area contributed by atoms with Crippen LogP contribution in [0, 0.1) is 5.41 Å². The normalized spacial score (nSPS) is 22.8. The lowest BCUT2D eigenvalue weighted by molar-refractivity contribution is 0.186. The van der Waals surface area contributed by atoms with E-state index in [-0.39, 0.29) is 10.5 Å². The SMILES string of the molecule is CCCCCCC1=C(C)CC(C)(CO[Si](C)(C)C(C)(C)C)C=C1. The van der Waals surface area contributed by atoms with Gasteiger partial charge in [0.2, 0.25) is 0 Å². The standard InChI is InChI=1S/C21H40OSi/c1-9-10-11-12-13-19-14-15-21(6,16-18(19)2)17-22-23(7,8)20(3,4)5/h14-15H,9-13,16-17H2,1-8H3. The Morgan fingerprint density at radius 1 is 1.17 bits per heavy atom.